The first-order valence-electron chi connectivity index (χ1n) is 21.2. The third kappa shape index (κ3) is 7.42. The van der Waals surface area contributed by atoms with Crippen molar-refractivity contribution >= 4 is 35.1 Å². The maximum Gasteiger partial charge on any atom is 0.303 e. The summed E-state index contributed by atoms with van der Waals surface area (Å²) in [6.07, 6.45) is 21.8. The lowest BCUT2D eigenvalue weighted by molar-refractivity contribution is -0.148. The third-order valence-electron chi connectivity index (χ3n) is 16.5. The van der Waals surface area contributed by atoms with Crippen LogP contribution in [0, 0.1) is 69.0 Å². The predicted molar refractivity (Wildman–Crippen MR) is 226 cm³/mol. The molecule has 8 nitrogen and oxygen atoms in total. The first-order valence-corrected chi connectivity index (χ1v) is 21.2. The average molecular weight is 799 g/mol. The normalized spacial score (nSPS) is 40.2. The summed E-state index contributed by atoms with van der Waals surface area (Å²) >= 11 is 0. The molecule has 8 heteroatoms. The number of hydrogen-bond donors (Lipinski definition) is 0. The second kappa shape index (κ2) is 16.4. The number of carbonyl (C=O) groups is 6. The molecule has 12 atom stereocenters. The highest BCUT2D eigenvalue weighted by Gasteiger charge is 2.61. The smallest absolute Gasteiger partial charge is 0.303 e. The zero-order chi connectivity index (χ0) is 40.5. The number of rotatable bonds is 6. The summed E-state index contributed by atoms with van der Waals surface area (Å²) in [6, 6.07) is 0. The molecule has 0 aromatic carbocycles. The van der Waals surface area contributed by atoms with Gasteiger partial charge in [0.2, 0.25) is 0 Å². The van der Waals surface area contributed by atoms with Crippen LogP contribution in [0.1, 0.15) is 134 Å². The van der Waals surface area contributed by atoms with Crippen LogP contribution in [0.15, 0.2) is 58.7 Å². The van der Waals surface area contributed by atoms with Gasteiger partial charge in [-0.05, 0) is 129 Å². The molecule has 0 heterocycles. The van der Waals surface area contributed by atoms with Gasteiger partial charge in [0.15, 0.2) is 23.1 Å². The van der Waals surface area contributed by atoms with Crippen molar-refractivity contribution in [3.05, 3.63) is 58.7 Å². The Bertz CT molecular complexity index is 1880. The monoisotopic (exact) mass is 799 g/mol. The number of esters is 2. The molecule has 318 valence electrons. The Morgan fingerprint density at radius 3 is 1.69 bits per heavy atom. The molecule has 0 saturated heterocycles. The predicted octanol–water partition coefficient (Wildman–Crippen LogP) is 9.91. The lowest BCUT2D eigenvalue weighted by Gasteiger charge is -2.53. The van der Waals surface area contributed by atoms with Crippen LogP contribution < -0.4 is 0 Å². The van der Waals surface area contributed by atoms with E-state index in [1.165, 1.54) is 36.1 Å². The van der Waals surface area contributed by atoms with Gasteiger partial charge in [0.05, 0.1) is 0 Å². The Hall–Kier alpha value is -3.68. The summed E-state index contributed by atoms with van der Waals surface area (Å²) < 4.78 is 10.1. The van der Waals surface area contributed by atoms with Crippen LogP contribution in [0.2, 0.25) is 0 Å². The lowest BCUT2D eigenvalue weighted by atomic mass is 9.51. The van der Waals surface area contributed by atoms with Gasteiger partial charge < -0.3 is 9.47 Å². The largest absolute Gasteiger partial charge is 0.458 e. The second-order valence-corrected chi connectivity index (χ2v) is 19.7. The molecular weight excluding hydrogens is 729 g/mol. The molecule has 8 rings (SSSR count). The molecule has 0 amide bonds. The Kier molecular flexibility index (Phi) is 12.8. The number of fused-ring (bicyclic) bond motifs is 10. The number of Topliss-reactive ketones (excluding diaryl/α,β-unsaturated/α-hetero) is 2. The van der Waals surface area contributed by atoms with Gasteiger partial charge in [0.1, 0.15) is 13.2 Å². The first-order chi connectivity index (χ1) is 26.3. The van der Waals surface area contributed by atoms with Gasteiger partial charge in [0.25, 0.3) is 0 Å². The van der Waals surface area contributed by atoms with Gasteiger partial charge >= 0.3 is 11.9 Å². The lowest BCUT2D eigenvalue weighted by Crippen LogP contribution is -2.46. The number of hydrogen-bond acceptors (Lipinski definition) is 8. The Morgan fingerprint density at radius 2 is 1.17 bits per heavy atom. The van der Waals surface area contributed by atoms with E-state index in [-0.39, 0.29) is 84.7 Å². The average Bonchev–Trinajstić information content (AvgIpc) is 3.57. The van der Waals surface area contributed by atoms with Gasteiger partial charge in [0, 0.05) is 42.9 Å². The fraction of sp³-hybridized carbons (Fsp3) is 0.680. The fourth-order valence-electron chi connectivity index (χ4n) is 14.0. The van der Waals surface area contributed by atoms with Crippen molar-refractivity contribution in [1.29, 1.82) is 0 Å². The number of allylic oxidation sites excluding steroid dienone is 10. The Balaban J connectivity index is 0.000000214. The van der Waals surface area contributed by atoms with Gasteiger partial charge in [-0.15, -0.1) is 0 Å². The highest BCUT2D eigenvalue weighted by molar-refractivity contribution is 6.01. The zero-order valence-electron chi connectivity index (χ0n) is 34.8. The summed E-state index contributed by atoms with van der Waals surface area (Å²) in [5.74, 6) is 2.11. The highest BCUT2D eigenvalue weighted by Crippen LogP contribution is 2.67. The highest BCUT2D eigenvalue weighted by atomic mass is 16.5. The standard InChI is InChI=1S/C24H32O4.C24H30O4.2CH4/c2*1-14-11-20-18-6-5-16-12-17(26)7-9-23(16,3)19(18)8-10-24(20,4)22(14)21(27)13-28-15(2)25;;/h8,12,14,18,20,22H,5-7,9-11,13H2,1-4H3;7-9,12,14,18,20,22H,5-6,10-11,13H2,1-4H3;2*1H4/t2*14-,18?,20?,22-,23+,24+;;/m11../s1. The van der Waals surface area contributed by atoms with E-state index in [2.05, 4.69) is 59.8 Å². The molecular formula is C50H70O8. The summed E-state index contributed by atoms with van der Waals surface area (Å²) in [5, 5.41) is 0. The van der Waals surface area contributed by atoms with Crippen molar-refractivity contribution < 1.29 is 38.2 Å². The van der Waals surface area contributed by atoms with E-state index >= 15 is 0 Å². The molecule has 4 unspecified atom stereocenters. The number of carbonyl (C=O) groups excluding carboxylic acids is 6. The van der Waals surface area contributed by atoms with Crippen molar-refractivity contribution in [2.75, 3.05) is 13.2 Å². The molecule has 0 N–H and O–H groups in total. The van der Waals surface area contributed by atoms with E-state index in [1.54, 1.807) is 6.08 Å². The molecule has 8 aliphatic carbocycles. The van der Waals surface area contributed by atoms with E-state index in [1.807, 2.05) is 12.2 Å². The van der Waals surface area contributed by atoms with Crippen molar-refractivity contribution in [2.24, 2.45) is 69.0 Å². The van der Waals surface area contributed by atoms with Gasteiger partial charge in [-0.25, -0.2) is 0 Å². The second-order valence-electron chi connectivity index (χ2n) is 19.7. The number of ether oxygens (including phenoxy) is 2. The zero-order valence-corrected chi connectivity index (χ0v) is 34.8. The minimum absolute atomic E-state index is 0. The van der Waals surface area contributed by atoms with Crippen LogP contribution in [-0.4, -0.2) is 48.3 Å². The first kappa shape index (κ1) is 45.4. The Labute approximate surface area is 347 Å². The van der Waals surface area contributed by atoms with Crippen LogP contribution in [0.3, 0.4) is 0 Å². The summed E-state index contributed by atoms with van der Waals surface area (Å²) in [5.41, 5.74) is 5.26. The van der Waals surface area contributed by atoms with Gasteiger partial charge in [-0.2, -0.15) is 0 Å². The molecule has 58 heavy (non-hydrogen) atoms. The van der Waals surface area contributed by atoms with Crippen molar-refractivity contribution in [3.8, 4) is 0 Å². The van der Waals surface area contributed by atoms with E-state index in [9.17, 15) is 28.8 Å². The summed E-state index contributed by atoms with van der Waals surface area (Å²) in [6.45, 7) is 16.0. The summed E-state index contributed by atoms with van der Waals surface area (Å²) in [7, 11) is 0. The minimum Gasteiger partial charge on any atom is -0.458 e. The molecule has 0 radical (unpaired) electrons. The van der Waals surface area contributed by atoms with Gasteiger partial charge in [-0.1, -0.05) is 90.0 Å². The molecule has 0 aromatic rings. The van der Waals surface area contributed by atoms with Crippen LogP contribution in [0.5, 0.6) is 0 Å². The molecule has 4 saturated carbocycles. The maximum atomic E-state index is 13.0. The number of ketones is 4. The molecule has 0 bridgehead atoms. The van der Waals surface area contributed by atoms with Crippen LogP contribution in [0.25, 0.3) is 0 Å². The maximum absolute atomic E-state index is 13.0. The van der Waals surface area contributed by atoms with E-state index in [0.717, 1.165) is 57.8 Å². The quantitative estimate of drug-likeness (QED) is 0.192. The van der Waals surface area contributed by atoms with Crippen molar-refractivity contribution in [3.63, 3.8) is 0 Å². The van der Waals surface area contributed by atoms with Crippen LogP contribution in [-0.2, 0) is 38.2 Å². The fourth-order valence-corrected chi connectivity index (χ4v) is 14.0. The summed E-state index contributed by atoms with van der Waals surface area (Å²) in [4.78, 5) is 72.1. The molecule has 0 aliphatic heterocycles. The van der Waals surface area contributed by atoms with E-state index in [4.69, 9.17) is 9.47 Å². The minimum atomic E-state index is -0.398. The SMILES string of the molecule is C.C.CC(=O)OCC(=O)[C@H]1[C@H](C)CC2C3CCC4=CC(=O)C=C[C@]4(C)C3=CC[C@@]21C.CC(=O)OCC(=O)[C@H]1[C@H](C)CC2C3CCC4=CC(=O)CC[C@]4(C)C3=CC[C@@]21C. The molecule has 0 spiro atoms. The van der Waals surface area contributed by atoms with Gasteiger partial charge in [-0.3, -0.25) is 28.8 Å². The topological polar surface area (TPSA) is 121 Å². The van der Waals surface area contributed by atoms with E-state index < -0.39 is 11.9 Å². The van der Waals surface area contributed by atoms with Crippen LogP contribution >= 0.6 is 0 Å². The molecule has 8 aliphatic rings. The van der Waals surface area contributed by atoms with E-state index in [0.29, 0.717) is 41.9 Å². The third-order valence-corrected chi connectivity index (χ3v) is 16.5. The molecule has 4 fully saturated rings. The van der Waals surface area contributed by atoms with Crippen LogP contribution in [0.4, 0.5) is 0 Å². The Morgan fingerprint density at radius 1 is 0.690 bits per heavy atom. The molecule has 0 aromatic heterocycles. The van der Waals surface area contributed by atoms with Crippen molar-refractivity contribution in [2.45, 2.75) is 134 Å². The van der Waals surface area contributed by atoms with Crippen molar-refractivity contribution in [1.82, 2.24) is 0 Å².